The second-order valence-corrected chi connectivity index (χ2v) is 14.9. The SMILES string of the molecule is C=NCc1ccccc1.Cc1cccc2sc3ccccc3c12.N=C(N)c1cccc(-c2cccc3oc4ccc(-c5cccc(-c6ccccc6)c5)cc4c23)c1. The van der Waals surface area contributed by atoms with E-state index in [4.69, 9.17) is 15.6 Å². The van der Waals surface area contributed by atoms with Crippen molar-refractivity contribution in [2.24, 2.45) is 10.7 Å². The summed E-state index contributed by atoms with van der Waals surface area (Å²) in [5, 5.41) is 12.8. The van der Waals surface area contributed by atoms with Gasteiger partial charge in [-0.25, -0.2) is 0 Å². The van der Waals surface area contributed by atoms with Crippen LogP contribution in [0.2, 0.25) is 0 Å². The van der Waals surface area contributed by atoms with Gasteiger partial charge in [-0.05, 0) is 101 Å². The van der Waals surface area contributed by atoms with E-state index < -0.39 is 0 Å². The molecule has 0 aliphatic carbocycles. The number of nitrogen functional groups attached to an aromatic ring is 1. The van der Waals surface area contributed by atoms with Crippen molar-refractivity contribution in [2.45, 2.75) is 13.5 Å². The molecule has 2 heterocycles. The highest BCUT2D eigenvalue weighted by atomic mass is 32.1. The second kappa shape index (κ2) is 16.7. The summed E-state index contributed by atoms with van der Waals surface area (Å²) >= 11 is 1.88. The number of nitrogens with one attached hydrogen (secondary N) is 1. The normalized spacial score (nSPS) is 10.8. The number of fused-ring (bicyclic) bond motifs is 6. The Hall–Kier alpha value is -7.08. The van der Waals surface area contributed by atoms with Gasteiger partial charge in [-0.1, -0.05) is 146 Å². The first kappa shape index (κ1) is 36.9. The Balaban J connectivity index is 0.000000160. The number of thiophene rings is 1. The summed E-state index contributed by atoms with van der Waals surface area (Å²) in [6, 6.07) is 64.5. The van der Waals surface area contributed by atoms with Crippen LogP contribution in [0.3, 0.4) is 0 Å². The molecule has 10 aromatic rings. The summed E-state index contributed by atoms with van der Waals surface area (Å²) < 4.78 is 8.99. The van der Waals surface area contributed by atoms with E-state index in [2.05, 4.69) is 134 Å². The van der Waals surface area contributed by atoms with Gasteiger partial charge in [-0.2, -0.15) is 0 Å². The van der Waals surface area contributed by atoms with E-state index in [0.29, 0.717) is 5.56 Å². The number of hydrogen-bond donors (Lipinski definition) is 2. The van der Waals surface area contributed by atoms with Crippen molar-refractivity contribution in [3.8, 4) is 33.4 Å². The maximum atomic E-state index is 7.82. The summed E-state index contributed by atoms with van der Waals surface area (Å²) in [5.74, 6) is 0.0617. The van der Waals surface area contributed by atoms with Crippen molar-refractivity contribution in [1.82, 2.24) is 0 Å². The molecule has 2 aromatic heterocycles. The molecular formula is C52H41N3OS. The number of aliphatic imine (C=N–C) groups is 1. The molecule has 0 bridgehead atoms. The fraction of sp³-hybridized carbons (Fsp3) is 0.0385. The predicted octanol–water partition coefficient (Wildman–Crippen LogP) is 14.1. The summed E-state index contributed by atoms with van der Waals surface area (Å²) in [6.07, 6.45) is 0. The fourth-order valence-electron chi connectivity index (χ4n) is 7.27. The zero-order valence-electron chi connectivity index (χ0n) is 31.7. The summed E-state index contributed by atoms with van der Waals surface area (Å²) in [5.41, 5.74) is 17.5. The van der Waals surface area contributed by atoms with Crippen LogP contribution in [0.4, 0.5) is 0 Å². The first-order valence-electron chi connectivity index (χ1n) is 18.9. The van der Waals surface area contributed by atoms with Crippen LogP contribution in [-0.4, -0.2) is 12.6 Å². The molecule has 0 aliphatic rings. The van der Waals surface area contributed by atoms with Gasteiger partial charge in [0.25, 0.3) is 0 Å². The number of hydrogen-bond acceptors (Lipinski definition) is 4. The van der Waals surface area contributed by atoms with E-state index in [9.17, 15) is 0 Å². The molecule has 57 heavy (non-hydrogen) atoms. The quantitative estimate of drug-likeness (QED) is 0.131. The molecule has 3 N–H and O–H groups in total. The highest BCUT2D eigenvalue weighted by Crippen LogP contribution is 2.39. The molecule has 8 aromatic carbocycles. The number of aryl methyl sites for hydroxylation is 1. The van der Waals surface area contributed by atoms with Crippen molar-refractivity contribution in [3.05, 3.63) is 205 Å². The highest BCUT2D eigenvalue weighted by molar-refractivity contribution is 7.25. The molecule has 0 spiro atoms. The van der Waals surface area contributed by atoms with Crippen LogP contribution in [0.15, 0.2) is 197 Å². The lowest BCUT2D eigenvalue weighted by Gasteiger charge is -2.08. The van der Waals surface area contributed by atoms with Gasteiger partial charge in [0, 0.05) is 36.5 Å². The standard InChI is InChI=1S/C31H22N2O.C13H10S.C8H9N/c32-31(33)25-12-5-11-24(18-25)26-13-6-14-29-30(26)27-19-23(15-16-28(27)34-29)22-10-4-9-21(17-22)20-7-2-1-3-8-20;1-9-5-4-8-12-13(9)10-6-2-3-7-11(10)14-12;1-9-7-8-5-3-2-4-6-8/h1-19H,(H3,32,33);2-8H,1H3;2-6H,1,7H2. The first-order chi connectivity index (χ1) is 28.0. The minimum atomic E-state index is 0.0617. The van der Waals surface area contributed by atoms with Gasteiger partial charge in [-0.3, -0.25) is 10.4 Å². The average molecular weight is 756 g/mol. The van der Waals surface area contributed by atoms with Crippen LogP contribution in [-0.2, 0) is 6.54 Å². The topological polar surface area (TPSA) is 75.4 Å². The van der Waals surface area contributed by atoms with Crippen LogP contribution in [0, 0.1) is 12.3 Å². The number of amidine groups is 1. The molecule has 0 atom stereocenters. The average Bonchev–Trinajstić information content (AvgIpc) is 3.84. The van der Waals surface area contributed by atoms with Crippen molar-refractivity contribution in [3.63, 3.8) is 0 Å². The summed E-state index contributed by atoms with van der Waals surface area (Å²) in [7, 11) is 0. The van der Waals surface area contributed by atoms with Gasteiger partial charge < -0.3 is 10.2 Å². The van der Waals surface area contributed by atoms with Gasteiger partial charge in [0.2, 0.25) is 0 Å². The minimum absolute atomic E-state index is 0.0617. The molecule has 0 saturated heterocycles. The molecule has 0 radical (unpaired) electrons. The molecule has 0 saturated carbocycles. The van der Waals surface area contributed by atoms with E-state index in [-0.39, 0.29) is 5.84 Å². The third-order valence-corrected chi connectivity index (χ3v) is 11.2. The van der Waals surface area contributed by atoms with Crippen LogP contribution in [0.5, 0.6) is 0 Å². The monoisotopic (exact) mass is 755 g/mol. The van der Waals surface area contributed by atoms with Crippen molar-refractivity contribution in [2.75, 3.05) is 0 Å². The lowest BCUT2D eigenvalue weighted by atomic mass is 9.95. The van der Waals surface area contributed by atoms with E-state index in [0.717, 1.165) is 50.7 Å². The smallest absolute Gasteiger partial charge is 0.136 e. The predicted molar refractivity (Wildman–Crippen MR) is 245 cm³/mol. The van der Waals surface area contributed by atoms with Crippen LogP contribution < -0.4 is 5.73 Å². The Labute approximate surface area is 336 Å². The van der Waals surface area contributed by atoms with E-state index in [1.54, 1.807) is 0 Å². The lowest BCUT2D eigenvalue weighted by Crippen LogP contribution is -2.10. The third-order valence-electron chi connectivity index (χ3n) is 10.0. The fourth-order valence-corrected chi connectivity index (χ4v) is 8.46. The Morgan fingerprint density at radius 1 is 0.561 bits per heavy atom. The number of rotatable bonds is 6. The number of benzene rings is 8. The molecule has 0 fully saturated rings. The largest absolute Gasteiger partial charge is 0.456 e. The second-order valence-electron chi connectivity index (χ2n) is 13.8. The maximum absolute atomic E-state index is 7.82. The van der Waals surface area contributed by atoms with E-state index in [1.165, 1.54) is 42.4 Å². The number of nitrogens with zero attached hydrogens (tertiary/aromatic N) is 1. The Kier molecular flexibility index (Phi) is 10.8. The number of furan rings is 1. The van der Waals surface area contributed by atoms with Crippen molar-refractivity contribution < 1.29 is 4.42 Å². The summed E-state index contributed by atoms with van der Waals surface area (Å²) in [4.78, 5) is 3.76. The third kappa shape index (κ3) is 8.01. The number of nitrogens with two attached hydrogens (primary N) is 1. The maximum Gasteiger partial charge on any atom is 0.136 e. The molecule has 0 aliphatic heterocycles. The van der Waals surface area contributed by atoms with E-state index >= 15 is 0 Å². The van der Waals surface area contributed by atoms with Crippen LogP contribution in [0.25, 0.3) is 75.5 Å². The minimum Gasteiger partial charge on any atom is -0.456 e. The Morgan fingerprint density at radius 2 is 1.19 bits per heavy atom. The molecule has 5 heteroatoms. The van der Waals surface area contributed by atoms with Crippen molar-refractivity contribution >= 4 is 66.0 Å². The highest BCUT2D eigenvalue weighted by Gasteiger charge is 2.14. The molecule has 4 nitrogen and oxygen atoms in total. The molecule has 276 valence electrons. The van der Waals surface area contributed by atoms with Gasteiger partial charge in [0.15, 0.2) is 0 Å². The van der Waals surface area contributed by atoms with E-state index in [1.807, 2.05) is 84.1 Å². The van der Waals surface area contributed by atoms with Gasteiger partial charge in [0.05, 0.1) is 6.54 Å². The lowest BCUT2D eigenvalue weighted by molar-refractivity contribution is 0.669. The van der Waals surface area contributed by atoms with Crippen LogP contribution >= 0.6 is 11.3 Å². The Morgan fingerprint density at radius 3 is 1.98 bits per heavy atom. The van der Waals surface area contributed by atoms with Gasteiger partial charge in [-0.15, -0.1) is 11.3 Å². The van der Waals surface area contributed by atoms with Crippen LogP contribution in [0.1, 0.15) is 16.7 Å². The van der Waals surface area contributed by atoms with Gasteiger partial charge in [0.1, 0.15) is 17.0 Å². The molecule has 0 amide bonds. The summed E-state index contributed by atoms with van der Waals surface area (Å²) in [6.45, 7) is 6.31. The molecule has 0 unspecified atom stereocenters. The zero-order chi connectivity index (χ0) is 39.1. The van der Waals surface area contributed by atoms with Gasteiger partial charge >= 0.3 is 0 Å². The molecule has 10 rings (SSSR count). The zero-order valence-corrected chi connectivity index (χ0v) is 32.5. The Bertz CT molecular complexity index is 3000. The molecular weight excluding hydrogens is 715 g/mol. The first-order valence-corrected chi connectivity index (χ1v) is 19.7. The van der Waals surface area contributed by atoms with Crippen molar-refractivity contribution in [1.29, 1.82) is 5.41 Å².